The van der Waals surface area contributed by atoms with Crippen LogP contribution in [-0.4, -0.2) is 91.8 Å². The summed E-state index contributed by atoms with van der Waals surface area (Å²) in [6, 6.07) is 9.09. The molecule has 0 aromatic heterocycles. The van der Waals surface area contributed by atoms with Crippen LogP contribution in [0.15, 0.2) is 42.0 Å². The van der Waals surface area contributed by atoms with Crippen LogP contribution in [0.4, 0.5) is 0 Å². The van der Waals surface area contributed by atoms with Crippen LogP contribution in [0.5, 0.6) is 40.2 Å². The maximum Gasteiger partial charge on any atom is 0.207 e. The van der Waals surface area contributed by atoms with Crippen molar-refractivity contribution in [2.75, 3.05) is 45.0 Å². The predicted octanol–water partition coefficient (Wildman–Crippen LogP) is 9.16. The molecule has 14 heteroatoms. The van der Waals surface area contributed by atoms with Crippen molar-refractivity contribution in [2.24, 2.45) is 17.8 Å². The van der Waals surface area contributed by atoms with E-state index in [-0.39, 0.29) is 60.0 Å². The van der Waals surface area contributed by atoms with E-state index < -0.39 is 27.8 Å². The minimum absolute atomic E-state index is 0.0136. The first-order valence-corrected chi connectivity index (χ1v) is 26.5. The summed E-state index contributed by atoms with van der Waals surface area (Å²) in [5.74, 6) is 2.39. The van der Waals surface area contributed by atoms with Gasteiger partial charge < -0.3 is 49.6 Å². The smallest absolute Gasteiger partial charge is 0.207 e. The van der Waals surface area contributed by atoms with E-state index in [0.717, 1.165) is 72.1 Å². The summed E-state index contributed by atoms with van der Waals surface area (Å²) in [5.41, 5.74) is 3.85. The van der Waals surface area contributed by atoms with Crippen molar-refractivity contribution in [3.05, 3.63) is 64.2 Å². The number of phenolic OH excluding ortho intramolecular Hbond substituents is 3. The lowest BCUT2D eigenvalue weighted by Crippen LogP contribution is -2.61. The highest BCUT2D eigenvalue weighted by molar-refractivity contribution is 8.77. The zero-order valence-corrected chi connectivity index (χ0v) is 38.1. The lowest BCUT2D eigenvalue weighted by atomic mass is 9.52. The van der Waals surface area contributed by atoms with Crippen LogP contribution >= 0.6 is 43.2 Å². The summed E-state index contributed by atoms with van der Waals surface area (Å²) >= 11 is 0. The molecule has 3 fully saturated rings. The van der Waals surface area contributed by atoms with Gasteiger partial charge >= 0.3 is 0 Å². The molecule has 6 N–H and O–H groups in total. The quantitative estimate of drug-likeness (QED) is 0.0845. The Kier molecular flexibility index (Phi) is 11.1. The number of phenols is 3. The molecule has 0 unspecified atom stereocenters. The first-order valence-electron chi connectivity index (χ1n) is 21.8. The zero-order chi connectivity index (χ0) is 42.4. The standard InChI is InChI=1S/C47H56O10S4/c1-24(2)9-14-55-35-19-32(41(51)43(54-3)42(35)52)47-12-11-46-10-8-26-16-31-30-18-28(50)6-7-29(30)37-33(56-15-13-48)20-34(57-47)38(40(46)44(47)53)39(37)45(31,22-49)23-59-58-21-27-5-4-25(26)17-36(27)60-61-46/h5-7,18-20,24-26,31,36,40,44,48-53H,4,8-17,21-23H2,1-3H3/t25-,26+,31-,36-,40-,44-,45+,46-,47+/m1/s1. The topological polar surface area (TPSA) is 158 Å². The molecule has 10 bridgehead atoms. The molecule has 1 spiro atoms. The summed E-state index contributed by atoms with van der Waals surface area (Å²) < 4.78 is 25.3. The number of benzene rings is 3. The number of aliphatic hydroxyl groups excluding tert-OH is 3. The van der Waals surface area contributed by atoms with E-state index in [1.807, 2.05) is 50.6 Å². The Morgan fingerprint density at radius 1 is 0.934 bits per heavy atom. The number of rotatable bonds is 10. The Balaban J connectivity index is 1.30. The van der Waals surface area contributed by atoms with E-state index in [1.54, 1.807) is 22.9 Å². The molecule has 3 aromatic rings. The van der Waals surface area contributed by atoms with Crippen LogP contribution in [0, 0.1) is 17.8 Å². The van der Waals surface area contributed by atoms with Crippen LogP contribution in [0.2, 0.25) is 0 Å². The maximum atomic E-state index is 13.6. The van der Waals surface area contributed by atoms with Gasteiger partial charge in [-0.3, -0.25) is 0 Å². The van der Waals surface area contributed by atoms with Crippen molar-refractivity contribution in [3.63, 3.8) is 0 Å². The van der Waals surface area contributed by atoms with Crippen molar-refractivity contribution < 1.29 is 49.6 Å². The van der Waals surface area contributed by atoms with Crippen molar-refractivity contribution in [1.82, 2.24) is 0 Å². The fourth-order valence-electron chi connectivity index (χ4n) is 12.1. The summed E-state index contributed by atoms with van der Waals surface area (Å²) in [5, 5.41) is 71.2. The van der Waals surface area contributed by atoms with Crippen molar-refractivity contribution >= 4 is 43.2 Å². The normalized spacial score (nSPS) is 33.0. The highest BCUT2D eigenvalue weighted by atomic mass is 33.1. The van der Waals surface area contributed by atoms with Crippen LogP contribution in [0.1, 0.15) is 99.3 Å². The van der Waals surface area contributed by atoms with Gasteiger partial charge in [0.25, 0.3) is 0 Å². The molecule has 61 heavy (non-hydrogen) atoms. The molecule has 9 atom stereocenters. The summed E-state index contributed by atoms with van der Waals surface area (Å²) in [7, 11) is 8.91. The van der Waals surface area contributed by atoms with Crippen LogP contribution in [-0.2, 0) is 11.0 Å². The van der Waals surface area contributed by atoms with Crippen LogP contribution in [0.3, 0.4) is 0 Å². The number of fused-ring (bicyclic) bond motifs is 8. The molecule has 3 aromatic carbocycles. The highest BCUT2D eigenvalue weighted by Crippen LogP contribution is 2.72. The first kappa shape index (κ1) is 42.2. The maximum absolute atomic E-state index is 13.6. The van der Waals surface area contributed by atoms with Gasteiger partial charge in [0, 0.05) is 55.6 Å². The number of aliphatic hydroxyl groups is 3. The zero-order valence-electron chi connectivity index (χ0n) is 34.9. The van der Waals surface area contributed by atoms with E-state index in [9.17, 15) is 30.6 Å². The second kappa shape index (κ2) is 16.1. The Morgan fingerprint density at radius 3 is 2.56 bits per heavy atom. The van der Waals surface area contributed by atoms with Gasteiger partial charge in [-0.2, -0.15) is 0 Å². The molecular formula is C47H56O10S4. The number of aromatic hydroxyl groups is 3. The van der Waals surface area contributed by atoms with Gasteiger partial charge in [0.2, 0.25) is 11.5 Å². The highest BCUT2D eigenvalue weighted by Gasteiger charge is 2.66. The van der Waals surface area contributed by atoms with E-state index in [4.69, 9.17) is 18.9 Å². The Labute approximate surface area is 373 Å². The molecule has 10 nitrogen and oxygen atoms in total. The molecule has 0 amide bonds. The van der Waals surface area contributed by atoms with E-state index in [0.29, 0.717) is 59.7 Å². The SMILES string of the molecule is COc1c(O)c(OCCC(C)C)cc([C@@]23CC[C@@]45CC[C@H]6C[C@@H]7c8cc(O)ccc8-c8c(OCCO)cc(c(c8[C@@]7(CO)CSSCC7=CC[C@@H]6C[C@H]7SS4)[C@@H]5[C@H]2O)O3)c1O. The second-order valence-corrected chi connectivity index (χ2v) is 23.9. The lowest BCUT2D eigenvalue weighted by molar-refractivity contribution is -0.125. The Hall–Kier alpha value is -2.72. The van der Waals surface area contributed by atoms with E-state index >= 15 is 0 Å². The van der Waals surface area contributed by atoms with Gasteiger partial charge in [0.05, 0.1) is 26.9 Å². The number of ether oxygens (including phenoxy) is 4. The van der Waals surface area contributed by atoms with Crippen LogP contribution in [0.25, 0.3) is 11.1 Å². The fraction of sp³-hybridized carbons (Fsp3) is 0.574. The van der Waals surface area contributed by atoms with Gasteiger partial charge in [0.1, 0.15) is 30.0 Å². The Morgan fingerprint density at radius 2 is 1.77 bits per heavy atom. The van der Waals surface area contributed by atoms with Crippen molar-refractivity contribution in [1.29, 1.82) is 0 Å². The van der Waals surface area contributed by atoms with E-state index in [2.05, 4.69) is 19.9 Å². The molecule has 0 radical (unpaired) electrons. The van der Waals surface area contributed by atoms with Gasteiger partial charge in [-0.25, -0.2) is 0 Å². The summed E-state index contributed by atoms with van der Waals surface area (Å²) in [6.45, 7) is 4.14. The fourth-order valence-corrected chi connectivity index (χ4v) is 19.0. The monoisotopic (exact) mass is 908 g/mol. The molecule has 4 aliphatic heterocycles. The third kappa shape index (κ3) is 6.49. The number of allylic oxidation sites excluding steroid dienone is 1. The van der Waals surface area contributed by atoms with Gasteiger partial charge in [-0.1, -0.05) is 69.2 Å². The third-order valence-corrected chi connectivity index (χ3v) is 21.4. The molecule has 328 valence electrons. The number of hydrogen-bond acceptors (Lipinski definition) is 14. The molecule has 4 aliphatic carbocycles. The Bertz CT molecular complexity index is 2250. The van der Waals surface area contributed by atoms with Crippen LogP contribution < -0.4 is 18.9 Å². The van der Waals surface area contributed by atoms with E-state index in [1.165, 1.54) is 12.7 Å². The molecule has 11 rings (SSSR count). The summed E-state index contributed by atoms with van der Waals surface area (Å²) in [6.07, 6.45) is 7.82. The molecule has 8 aliphatic rings. The molecular weight excluding hydrogens is 853 g/mol. The van der Waals surface area contributed by atoms with Gasteiger partial charge in [-0.05, 0) is 116 Å². The predicted molar refractivity (Wildman–Crippen MR) is 244 cm³/mol. The van der Waals surface area contributed by atoms with Crippen molar-refractivity contribution in [3.8, 4) is 51.4 Å². The first-order chi connectivity index (χ1) is 29.5. The minimum atomic E-state index is -1.50. The van der Waals surface area contributed by atoms with Crippen molar-refractivity contribution in [2.45, 2.75) is 104 Å². The van der Waals surface area contributed by atoms with Gasteiger partial charge in [0.15, 0.2) is 17.1 Å². The number of hydrogen-bond donors (Lipinski definition) is 6. The largest absolute Gasteiger partial charge is 0.508 e. The average Bonchev–Trinajstić information content (AvgIpc) is 3.29. The molecule has 1 saturated carbocycles. The third-order valence-electron chi connectivity index (χ3n) is 15.2. The lowest BCUT2D eigenvalue weighted by Gasteiger charge is -2.60. The second-order valence-electron chi connectivity index (χ2n) is 18.6. The number of methoxy groups -OCH3 is 1. The average molecular weight is 909 g/mol. The van der Waals surface area contributed by atoms with Gasteiger partial charge in [-0.15, -0.1) is 0 Å². The molecule has 4 heterocycles. The summed E-state index contributed by atoms with van der Waals surface area (Å²) in [4.78, 5) is 0. The minimum Gasteiger partial charge on any atom is -0.508 e. The molecule has 2 saturated heterocycles.